The van der Waals surface area contributed by atoms with Crippen molar-refractivity contribution in [2.75, 3.05) is 13.2 Å². The van der Waals surface area contributed by atoms with Gasteiger partial charge >= 0.3 is 0 Å². The summed E-state index contributed by atoms with van der Waals surface area (Å²) in [6.45, 7) is 5.71. The Morgan fingerprint density at radius 1 is 1.29 bits per heavy atom. The number of aliphatic hydroxyl groups excluding tert-OH is 1. The lowest BCUT2D eigenvalue weighted by atomic mass is 10.0. The van der Waals surface area contributed by atoms with E-state index in [1.54, 1.807) is 0 Å². The Balaban J connectivity index is 2.67. The lowest BCUT2D eigenvalue weighted by molar-refractivity contribution is 0.278. The van der Waals surface area contributed by atoms with Crippen LogP contribution in [0.15, 0.2) is 18.3 Å². The lowest BCUT2D eigenvalue weighted by Gasteiger charge is -2.05. The monoisotopic (exact) mass is 232 g/mol. The first-order chi connectivity index (χ1) is 8.17. The van der Waals surface area contributed by atoms with Gasteiger partial charge < -0.3 is 15.4 Å². The van der Waals surface area contributed by atoms with Gasteiger partial charge in [-0.1, -0.05) is 6.07 Å². The van der Waals surface area contributed by atoms with Crippen LogP contribution in [0.3, 0.4) is 0 Å². The van der Waals surface area contributed by atoms with E-state index in [0.717, 1.165) is 6.42 Å². The van der Waals surface area contributed by atoms with Gasteiger partial charge in [0.1, 0.15) is 0 Å². The molecule has 17 heavy (non-hydrogen) atoms. The molecule has 0 amide bonds. The van der Waals surface area contributed by atoms with Crippen molar-refractivity contribution in [2.24, 2.45) is 5.73 Å². The number of nitrogens with zero attached hydrogens (tertiary/aromatic N) is 1. The molecule has 1 aromatic carbocycles. The second-order valence-electron chi connectivity index (χ2n) is 4.59. The highest BCUT2D eigenvalue weighted by Gasteiger charge is 2.10. The summed E-state index contributed by atoms with van der Waals surface area (Å²) in [5.41, 5.74) is 10.7. The molecular formula is C14H20N2O. The number of fused-ring (bicyclic) bond motifs is 1. The van der Waals surface area contributed by atoms with Crippen LogP contribution in [0.4, 0.5) is 0 Å². The SMILES string of the molecule is Cc1cc(C)c2c(CCN)cn(CCO)c2c1. The molecule has 3 heteroatoms. The minimum atomic E-state index is 0.166. The molecule has 0 spiro atoms. The summed E-state index contributed by atoms with van der Waals surface area (Å²) in [6, 6.07) is 4.38. The summed E-state index contributed by atoms with van der Waals surface area (Å²) in [4.78, 5) is 0. The van der Waals surface area contributed by atoms with Crippen LogP contribution in [-0.4, -0.2) is 22.8 Å². The van der Waals surface area contributed by atoms with Crippen LogP contribution in [0.25, 0.3) is 10.9 Å². The molecule has 1 heterocycles. The lowest BCUT2D eigenvalue weighted by Crippen LogP contribution is -2.03. The molecule has 3 N–H and O–H groups in total. The highest BCUT2D eigenvalue weighted by atomic mass is 16.3. The van der Waals surface area contributed by atoms with Crippen LogP contribution >= 0.6 is 0 Å². The normalized spacial score (nSPS) is 11.3. The second kappa shape index (κ2) is 4.90. The molecule has 0 unspecified atom stereocenters. The molecule has 0 bridgehead atoms. The zero-order valence-corrected chi connectivity index (χ0v) is 10.5. The molecule has 0 atom stereocenters. The average molecular weight is 232 g/mol. The Kier molecular flexibility index (Phi) is 3.50. The van der Waals surface area contributed by atoms with Crippen molar-refractivity contribution in [3.63, 3.8) is 0 Å². The molecule has 92 valence electrons. The summed E-state index contributed by atoms with van der Waals surface area (Å²) < 4.78 is 2.13. The molecule has 2 aromatic rings. The average Bonchev–Trinajstić information content (AvgIpc) is 2.58. The Morgan fingerprint density at radius 3 is 2.71 bits per heavy atom. The van der Waals surface area contributed by atoms with Crippen LogP contribution in [-0.2, 0) is 13.0 Å². The Labute approximate surface area is 102 Å². The van der Waals surface area contributed by atoms with Gasteiger partial charge in [-0.05, 0) is 49.6 Å². The van der Waals surface area contributed by atoms with Crippen molar-refractivity contribution in [3.05, 3.63) is 35.0 Å². The number of hydrogen-bond acceptors (Lipinski definition) is 2. The Bertz CT molecular complexity index is 528. The Morgan fingerprint density at radius 2 is 2.06 bits per heavy atom. The van der Waals surface area contributed by atoms with E-state index >= 15 is 0 Å². The van der Waals surface area contributed by atoms with E-state index in [2.05, 4.69) is 36.7 Å². The van der Waals surface area contributed by atoms with Crippen molar-refractivity contribution in [2.45, 2.75) is 26.8 Å². The minimum absolute atomic E-state index is 0.166. The molecule has 0 saturated carbocycles. The van der Waals surface area contributed by atoms with E-state index in [-0.39, 0.29) is 6.61 Å². The predicted molar refractivity (Wildman–Crippen MR) is 71.3 cm³/mol. The van der Waals surface area contributed by atoms with Gasteiger partial charge in [0.25, 0.3) is 0 Å². The van der Waals surface area contributed by atoms with Gasteiger partial charge in [-0.25, -0.2) is 0 Å². The molecule has 0 aliphatic heterocycles. The summed E-state index contributed by atoms with van der Waals surface area (Å²) in [6.07, 6.45) is 3.01. The molecule has 1 aromatic heterocycles. The largest absolute Gasteiger partial charge is 0.395 e. The first kappa shape index (κ1) is 12.1. The van der Waals surface area contributed by atoms with E-state index in [9.17, 15) is 0 Å². The molecule has 0 aliphatic carbocycles. The first-order valence-electron chi connectivity index (χ1n) is 6.07. The van der Waals surface area contributed by atoms with E-state index in [4.69, 9.17) is 10.8 Å². The molecule has 0 saturated heterocycles. The van der Waals surface area contributed by atoms with Crippen LogP contribution in [0.2, 0.25) is 0 Å². The van der Waals surface area contributed by atoms with Gasteiger partial charge in [-0.3, -0.25) is 0 Å². The van der Waals surface area contributed by atoms with Crippen molar-refractivity contribution < 1.29 is 5.11 Å². The standard InChI is InChI=1S/C14H20N2O/c1-10-7-11(2)14-12(3-4-15)9-16(5-6-17)13(14)8-10/h7-9,17H,3-6,15H2,1-2H3. The maximum atomic E-state index is 9.11. The third-order valence-electron chi connectivity index (χ3n) is 3.16. The van der Waals surface area contributed by atoms with Crippen LogP contribution in [0, 0.1) is 13.8 Å². The Hall–Kier alpha value is -1.32. The van der Waals surface area contributed by atoms with Crippen LogP contribution in [0.1, 0.15) is 16.7 Å². The molecule has 0 aliphatic rings. The molecule has 2 rings (SSSR count). The summed E-state index contributed by atoms with van der Waals surface area (Å²) in [7, 11) is 0. The number of hydrogen-bond donors (Lipinski definition) is 2. The van der Waals surface area contributed by atoms with Crippen molar-refractivity contribution in [1.82, 2.24) is 4.57 Å². The van der Waals surface area contributed by atoms with E-state index in [1.165, 1.54) is 27.6 Å². The van der Waals surface area contributed by atoms with Crippen molar-refractivity contribution in [1.29, 1.82) is 0 Å². The van der Waals surface area contributed by atoms with E-state index < -0.39 is 0 Å². The second-order valence-corrected chi connectivity index (χ2v) is 4.59. The summed E-state index contributed by atoms with van der Waals surface area (Å²) in [5.74, 6) is 0. The van der Waals surface area contributed by atoms with Gasteiger partial charge in [0, 0.05) is 23.6 Å². The first-order valence-corrected chi connectivity index (χ1v) is 6.07. The maximum absolute atomic E-state index is 9.11. The van der Waals surface area contributed by atoms with Gasteiger partial charge in [0.15, 0.2) is 0 Å². The maximum Gasteiger partial charge on any atom is 0.0610 e. The molecular weight excluding hydrogens is 212 g/mol. The quantitative estimate of drug-likeness (QED) is 0.843. The van der Waals surface area contributed by atoms with E-state index in [1.807, 2.05) is 0 Å². The fraction of sp³-hybridized carbons (Fsp3) is 0.429. The number of aromatic nitrogens is 1. The van der Waals surface area contributed by atoms with Crippen LogP contribution < -0.4 is 5.73 Å². The zero-order chi connectivity index (χ0) is 12.4. The number of nitrogens with two attached hydrogens (primary N) is 1. The van der Waals surface area contributed by atoms with Crippen molar-refractivity contribution >= 4 is 10.9 Å². The predicted octanol–water partition coefficient (Wildman–Crippen LogP) is 1.75. The summed E-state index contributed by atoms with van der Waals surface area (Å²) >= 11 is 0. The molecule has 0 radical (unpaired) electrons. The summed E-state index contributed by atoms with van der Waals surface area (Å²) in [5, 5.41) is 10.4. The van der Waals surface area contributed by atoms with Gasteiger partial charge in [-0.15, -0.1) is 0 Å². The fourth-order valence-corrected chi connectivity index (χ4v) is 2.55. The zero-order valence-electron chi connectivity index (χ0n) is 10.5. The van der Waals surface area contributed by atoms with Crippen LogP contribution in [0.5, 0.6) is 0 Å². The minimum Gasteiger partial charge on any atom is -0.395 e. The van der Waals surface area contributed by atoms with Gasteiger partial charge in [0.05, 0.1) is 6.61 Å². The highest BCUT2D eigenvalue weighted by molar-refractivity contribution is 5.88. The molecule has 0 fully saturated rings. The fourth-order valence-electron chi connectivity index (χ4n) is 2.55. The molecule has 3 nitrogen and oxygen atoms in total. The highest BCUT2D eigenvalue weighted by Crippen LogP contribution is 2.26. The van der Waals surface area contributed by atoms with E-state index in [0.29, 0.717) is 13.1 Å². The number of benzene rings is 1. The number of aryl methyl sites for hydroxylation is 2. The third-order valence-corrected chi connectivity index (χ3v) is 3.16. The smallest absolute Gasteiger partial charge is 0.0610 e. The van der Waals surface area contributed by atoms with Gasteiger partial charge in [0.2, 0.25) is 0 Å². The van der Waals surface area contributed by atoms with Crippen molar-refractivity contribution in [3.8, 4) is 0 Å². The third kappa shape index (κ3) is 2.21. The number of aliphatic hydroxyl groups is 1. The number of rotatable bonds is 4. The topological polar surface area (TPSA) is 51.2 Å². The van der Waals surface area contributed by atoms with Gasteiger partial charge in [-0.2, -0.15) is 0 Å².